The second-order valence-corrected chi connectivity index (χ2v) is 7.69. The molecule has 2 rings (SSSR count). The molecule has 1 heterocycles. The molecule has 0 saturated carbocycles. The van der Waals surface area contributed by atoms with Crippen molar-refractivity contribution in [3.63, 3.8) is 0 Å². The van der Waals surface area contributed by atoms with Gasteiger partial charge in [0.25, 0.3) is 5.69 Å². The minimum Gasteiger partial charge on any atom is -0.330 e. The summed E-state index contributed by atoms with van der Waals surface area (Å²) in [6, 6.07) is 5.42. The monoisotopic (exact) mass is 313 g/mol. The highest BCUT2D eigenvalue weighted by atomic mass is 32.2. The van der Waals surface area contributed by atoms with E-state index in [4.69, 9.17) is 5.73 Å². The Kier molecular flexibility index (Phi) is 4.05. The molecule has 1 fully saturated rings. The second kappa shape index (κ2) is 5.36. The first-order chi connectivity index (χ1) is 9.72. The molecule has 7 nitrogen and oxygen atoms in total. The van der Waals surface area contributed by atoms with Crippen molar-refractivity contribution in [2.45, 2.75) is 18.7 Å². The Morgan fingerprint density at radius 3 is 2.62 bits per heavy atom. The summed E-state index contributed by atoms with van der Waals surface area (Å²) in [7, 11) is -3.89. The van der Waals surface area contributed by atoms with Crippen LogP contribution in [0.25, 0.3) is 0 Å². The maximum atomic E-state index is 12.7. The highest BCUT2D eigenvalue weighted by molar-refractivity contribution is 7.89. The van der Waals surface area contributed by atoms with Crippen LogP contribution in [0.1, 0.15) is 13.8 Å². The van der Waals surface area contributed by atoms with E-state index >= 15 is 0 Å². The van der Waals surface area contributed by atoms with E-state index in [1.165, 1.54) is 28.6 Å². The van der Waals surface area contributed by atoms with Gasteiger partial charge in [-0.05, 0) is 23.9 Å². The molecule has 8 heteroatoms. The molecule has 1 aliphatic heterocycles. The van der Waals surface area contributed by atoms with Gasteiger partial charge in [0.15, 0.2) is 4.90 Å². The third-order valence-corrected chi connectivity index (χ3v) is 6.21. The number of benzene rings is 1. The van der Waals surface area contributed by atoms with Crippen LogP contribution in [-0.2, 0) is 10.0 Å². The van der Waals surface area contributed by atoms with Gasteiger partial charge in [0.1, 0.15) is 0 Å². The topological polar surface area (TPSA) is 107 Å². The van der Waals surface area contributed by atoms with Gasteiger partial charge in [-0.25, -0.2) is 8.42 Å². The Balaban J connectivity index is 2.43. The van der Waals surface area contributed by atoms with Gasteiger partial charge in [0.05, 0.1) is 4.92 Å². The number of rotatable bonds is 4. The second-order valence-electron chi connectivity index (χ2n) is 5.78. The van der Waals surface area contributed by atoms with Crippen LogP contribution < -0.4 is 5.73 Å². The van der Waals surface area contributed by atoms with Gasteiger partial charge in [-0.2, -0.15) is 4.31 Å². The molecule has 0 aromatic heterocycles. The minimum atomic E-state index is -3.89. The van der Waals surface area contributed by atoms with Crippen LogP contribution >= 0.6 is 0 Å². The van der Waals surface area contributed by atoms with Gasteiger partial charge in [-0.15, -0.1) is 0 Å². The molecule has 21 heavy (non-hydrogen) atoms. The van der Waals surface area contributed by atoms with Crippen molar-refractivity contribution in [2.75, 3.05) is 19.6 Å². The number of nitro benzene ring substituents is 1. The zero-order chi connectivity index (χ0) is 15.8. The summed E-state index contributed by atoms with van der Waals surface area (Å²) in [5.41, 5.74) is 5.05. The van der Waals surface area contributed by atoms with Crippen LogP contribution in [0.4, 0.5) is 5.69 Å². The van der Waals surface area contributed by atoms with Crippen molar-refractivity contribution in [1.29, 1.82) is 0 Å². The average Bonchev–Trinajstić information content (AvgIpc) is 2.76. The summed E-state index contributed by atoms with van der Waals surface area (Å²) < 4.78 is 26.7. The van der Waals surface area contributed by atoms with E-state index in [2.05, 4.69) is 0 Å². The smallest absolute Gasteiger partial charge is 0.289 e. The molecule has 0 radical (unpaired) electrons. The Hall–Kier alpha value is -1.51. The Bertz CT molecular complexity index is 661. The molecule has 2 N–H and O–H groups in total. The molecule has 0 aliphatic carbocycles. The fourth-order valence-corrected chi connectivity index (χ4v) is 4.38. The molecule has 0 amide bonds. The Labute approximate surface area is 123 Å². The van der Waals surface area contributed by atoms with Gasteiger partial charge in [0.2, 0.25) is 10.0 Å². The van der Waals surface area contributed by atoms with Crippen molar-refractivity contribution < 1.29 is 13.3 Å². The maximum absolute atomic E-state index is 12.7. The van der Waals surface area contributed by atoms with E-state index in [-0.39, 0.29) is 22.8 Å². The molecule has 0 spiro atoms. The molecule has 1 aromatic carbocycles. The number of hydrogen-bond donors (Lipinski definition) is 1. The molecule has 2 atom stereocenters. The Morgan fingerprint density at radius 1 is 1.48 bits per heavy atom. The van der Waals surface area contributed by atoms with Crippen LogP contribution in [0.3, 0.4) is 0 Å². The first-order valence-corrected chi connectivity index (χ1v) is 8.10. The first-order valence-electron chi connectivity index (χ1n) is 6.66. The standard InChI is InChI=1S/C13H19N3O4S/c1-10-7-15(9-13(10,2)8-14)21(19,20)12-6-4-3-5-11(12)16(17)18/h3-6,10H,7-9,14H2,1-2H3/t10-,13-/m1/s1. The van der Waals surface area contributed by atoms with Crippen molar-refractivity contribution in [2.24, 2.45) is 17.1 Å². The van der Waals surface area contributed by atoms with E-state index in [0.717, 1.165) is 0 Å². The predicted octanol–water partition coefficient (Wildman–Crippen LogP) is 1.20. The predicted molar refractivity (Wildman–Crippen MR) is 78.2 cm³/mol. The lowest BCUT2D eigenvalue weighted by Gasteiger charge is -2.26. The summed E-state index contributed by atoms with van der Waals surface area (Å²) in [6.45, 7) is 4.85. The number of nitrogens with two attached hydrogens (primary N) is 1. The van der Waals surface area contributed by atoms with E-state index in [9.17, 15) is 18.5 Å². The highest BCUT2D eigenvalue weighted by Crippen LogP contribution is 2.38. The largest absolute Gasteiger partial charge is 0.330 e. The molecule has 0 bridgehead atoms. The lowest BCUT2D eigenvalue weighted by Crippen LogP contribution is -2.36. The van der Waals surface area contributed by atoms with E-state index in [1.54, 1.807) is 0 Å². The lowest BCUT2D eigenvalue weighted by atomic mass is 9.81. The van der Waals surface area contributed by atoms with Gasteiger partial charge >= 0.3 is 0 Å². The van der Waals surface area contributed by atoms with Gasteiger partial charge < -0.3 is 5.73 Å². The summed E-state index contributed by atoms with van der Waals surface area (Å²) in [4.78, 5) is 10.1. The Morgan fingerprint density at radius 2 is 2.10 bits per heavy atom. The third kappa shape index (κ3) is 2.66. The zero-order valence-corrected chi connectivity index (χ0v) is 12.8. The number of nitrogens with zero attached hydrogens (tertiary/aromatic N) is 2. The van der Waals surface area contributed by atoms with Crippen LogP contribution in [0.5, 0.6) is 0 Å². The summed E-state index contributed by atoms with van der Waals surface area (Å²) in [6.07, 6.45) is 0. The molecule has 0 unspecified atom stereocenters. The first kappa shape index (κ1) is 15.9. The van der Waals surface area contributed by atoms with E-state index in [1.807, 2.05) is 13.8 Å². The number of hydrogen-bond acceptors (Lipinski definition) is 5. The lowest BCUT2D eigenvalue weighted by molar-refractivity contribution is -0.387. The molecule has 1 saturated heterocycles. The molecule has 116 valence electrons. The summed E-state index contributed by atoms with van der Waals surface area (Å²) in [5.74, 6) is 0.0973. The fourth-order valence-electron chi connectivity index (χ4n) is 2.56. The third-order valence-electron chi connectivity index (χ3n) is 4.35. The fraction of sp³-hybridized carbons (Fsp3) is 0.538. The number of para-hydroxylation sites is 1. The van der Waals surface area contributed by atoms with Gasteiger partial charge in [-0.3, -0.25) is 10.1 Å². The SMILES string of the molecule is C[C@@H]1CN(S(=O)(=O)c2ccccc2[N+](=O)[O-])C[C@@]1(C)CN. The summed E-state index contributed by atoms with van der Waals surface area (Å²) >= 11 is 0. The number of nitro groups is 1. The van der Waals surface area contributed by atoms with Crippen LogP contribution in [0.15, 0.2) is 29.2 Å². The summed E-state index contributed by atoms with van der Waals surface area (Å²) in [5, 5.41) is 11.0. The number of sulfonamides is 1. The van der Waals surface area contributed by atoms with E-state index < -0.39 is 20.6 Å². The minimum absolute atomic E-state index is 0.0973. The van der Waals surface area contributed by atoms with Gasteiger partial charge in [-0.1, -0.05) is 26.0 Å². The molecule has 1 aliphatic rings. The van der Waals surface area contributed by atoms with Crippen molar-refractivity contribution in [3.8, 4) is 0 Å². The van der Waals surface area contributed by atoms with Crippen LogP contribution in [0.2, 0.25) is 0 Å². The van der Waals surface area contributed by atoms with E-state index in [0.29, 0.717) is 13.1 Å². The van der Waals surface area contributed by atoms with Crippen molar-refractivity contribution in [1.82, 2.24) is 4.31 Å². The quantitative estimate of drug-likeness (QED) is 0.664. The molecular formula is C13H19N3O4S. The van der Waals surface area contributed by atoms with Crippen LogP contribution in [0, 0.1) is 21.4 Å². The highest BCUT2D eigenvalue weighted by Gasteiger charge is 2.45. The normalized spacial score (nSPS) is 26.9. The molecular weight excluding hydrogens is 294 g/mol. The van der Waals surface area contributed by atoms with Gasteiger partial charge in [0, 0.05) is 19.2 Å². The van der Waals surface area contributed by atoms with Crippen molar-refractivity contribution in [3.05, 3.63) is 34.4 Å². The van der Waals surface area contributed by atoms with Crippen LogP contribution in [-0.4, -0.2) is 37.3 Å². The average molecular weight is 313 g/mol. The maximum Gasteiger partial charge on any atom is 0.289 e. The van der Waals surface area contributed by atoms with Crippen molar-refractivity contribution >= 4 is 15.7 Å². The molecule has 1 aromatic rings. The zero-order valence-electron chi connectivity index (χ0n) is 12.0.